The molecule has 3 aliphatic rings. The van der Waals surface area contributed by atoms with E-state index >= 15 is 0 Å². The number of esters is 1. The lowest BCUT2D eigenvalue weighted by Crippen LogP contribution is -2.80. The number of ether oxygens (including phenoxy) is 3. The Kier molecular flexibility index (Phi) is 11.8. The Morgan fingerprint density at radius 2 is 1.47 bits per heavy atom. The number of benzene rings is 3. The predicted molar refractivity (Wildman–Crippen MR) is 201 cm³/mol. The van der Waals surface area contributed by atoms with Gasteiger partial charge in [0.1, 0.15) is 36.4 Å². The van der Waals surface area contributed by atoms with Gasteiger partial charge in [-0.05, 0) is 49.6 Å². The number of piperazine rings is 1. The van der Waals surface area contributed by atoms with Crippen LogP contribution in [0.25, 0.3) is 0 Å². The van der Waals surface area contributed by atoms with Gasteiger partial charge in [0.15, 0.2) is 0 Å². The summed E-state index contributed by atoms with van der Waals surface area (Å²) in [5.41, 5.74) is -0.356. The fraction of sp³-hybridized carbons (Fsp3) is 0.333. The van der Waals surface area contributed by atoms with Gasteiger partial charge < -0.3 is 35.1 Å². The summed E-state index contributed by atoms with van der Waals surface area (Å²) in [6.07, 6.45) is -0.681. The number of likely N-dealkylation sites (N-methyl/N-ethyl adjacent to an activating group) is 1. The number of nitrogens with one attached hydrogen (secondary N) is 3. The fourth-order valence-electron chi connectivity index (χ4n) is 6.79. The van der Waals surface area contributed by atoms with Crippen LogP contribution in [0.2, 0.25) is 0 Å². The summed E-state index contributed by atoms with van der Waals surface area (Å²) in [6, 6.07) is 19.5. The van der Waals surface area contributed by atoms with E-state index in [0.717, 1.165) is 17.3 Å². The van der Waals surface area contributed by atoms with Gasteiger partial charge in [-0.15, -0.1) is 11.8 Å². The second-order valence-electron chi connectivity index (χ2n) is 13.7. The standard InChI is InChI=1S/C39H40N6O11S/c1-4-43-19-20-44(33(50)32(43)49)36(52)42-28(26-15-17-27(18-16-26)56-37(53)55-22-25-13-9-6-10-14-25)30(47)41-29-31(48)45-34(29)57-38(2,3)39(45,40-23-46)35(51)54-21-24-11-7-5-8-12-24/h5-18,23,28-29,34H,4,19-22H2,1-3H3,(H,40,46)(H,41,47)(H,42,52)/t28?,29-,34+,39-/m0/s1. The highest BCUT2D eigenvalue weighted by atomic mass is 32.2. The lowest BCUT2D eigenvalue weighted by atomic mass is 9.88. The Balaban J connectivity index is 1.20. The molecule has 3 aromatic rings. The minimum Gasteiger partial charge on any atom is -0.458 e. The second-order valence-corrected chi connectivity index (χ2v) is 15.4. The minimum absolute atomic E-state index is 0.0330. The summed E-state index contributed by atoms with van der Waals surface area (Å²) in [4.78, 5) is 108. The predicted octanol–water partition coefficient (Wildman–Crippen LogP) is 2.21. The van der Waals surface area contributed by atoms with Gasteiger partial charge in [-0.3, -0.25) is 33.8 Å². The quantitative estimate of drug-likeness (QED) is 0.0748. The summed E-state index contributed by atoms with van der Waals surface area (Å²) in [5, 5.41) is 6.83. The highest BCUT2D eigenvalue weighted by Crippen LogP contribution is 2.56. The molecule has 0 aliphatic carbocycles. The third-order valence-electron chi connectivity index (χ3n) is 9.84. The summed E-state index contributed by atoms with van der Waals surface area (Å²) >= 11 is 1.15. The molecule has 0 bridgehead atoms. The van der Waals surface area contributed by atoms with Gasteiger partial charge >= 0.3 is 30.0 Å². The van der Waals surface area contributed by atoms with Gasteiger partial charge in [0, 0.05) is 19.6 Å². The zero-order chi connectivity index (χ0) is 40.9. The molecule has 3 saturated heterocycles. The summed E-state index contributed by atoms with van der Waals surface area (Å²) in [6.45, 7) is 5.06. The van der Waals surface area contributed by atoms with Crippen molar-refractivity contribution in [2.24, 2.45) is 0 Å². The number of hydrogen-bond donors (Lipinski definition) is 3. The van der Waals surface area contributed by atoms with Crippen LogP contribution in [0.1, 0.15) is 43.5 Å². The number of thioether (sulfide) groups is 1. The second kappa shape index (κ2) is 16.7. The van der Waals surface area contributed by atoms with Crippen LogP contribution in [0.3, 0.4) is 0 Å². The van der Waals surface area contributed by atoms with Gasteiger partial charge in [0.2, 0.25) is 18.0 Å². The molecule has 0 aromatic heterocycles. The number of β-lactam (4-membered cyclic amide) rings is 1. The van der Waals surface area contributed by atoms with Crippen LogP contribution in [0.4, 0.5) is 9.59 Å². The van der Waals surface area contributed by atoms with Crippen LogP contribution >= 0.6 is 11.8 Å². The van der Waals surface area contributed by atoms with E-state index < -0.39 is 69.7 Å². The first-order valence-electron chi connectivity index (χ1n) is 17.9. The first-order valence-corrected chi connectivity index (χ1v) is 18.8. The fourth-order valence-corrected chi connectivity index (χ4v) is 8.49. The van der Waals surface area contributed by atoms with E-state index in [4.69, 9.17) is 14.2 Å². The van der Waals surface area contributed by atoms with E-state index in [1.54, 1.807) is 75.4 Å². The molecule has 1 unspecified atom stereocenters. The van der Waals surface area contributed by atoms with Gasteiger partial charge in [-0.25, -0.2) is 14.4 Å². The zero-order valence-electron chi connectivity index (χ0n) is 31.2. The van der Waals surface area contributed by atoms with E-state index in [1.165, 1.54) is 34.1 Å². The maximum Gasteiger partial charge on any atom is 0.514 e. The highest BCUT2D eigenvalue weighted by molar-refractivity contribution is 8.01. The smallest absolute Gasteiger partial charge is 0.458 e. The Morgan fingerprint density at radius 3 is 2.07 bits per heavy atom. The van der Waals surface area contributed by atoms with Crippen molar-refractivity contribution in [1.82, 2.24) is 30.7 Å². The first-order chi connectivity index (χ1) is 27.3. The summed E-state index contributed by atoms with van der Waals surface area (Å²) in [5.74, 6) is -4.38. The van der Waals surface area contributed by atoms with E-state index in [2.05, 4.69) is 16.0 Å². The Hall–Kier alpha value is -6.43. The zero-order valence-corrected chi connectivity index (χ0v) is 32.0. The Labute approximate surface area is 331 Å². The van der Waals surface area contributed by atoms with Gasteiger partial charge in [-0.2, -0.15) is 0 Å². The molecular weight excluding hydrogens is 761 g/mol. The van der Waals surface area contributed by atoms with Crippen molar-refractivity contribution in [2.75, 3.05) is 19.6 Å². The van der Waals surface area contributed by atoms with Crippen LogP contribution in [0.5, 0.6) is 5.75 Å². The van der Waals surface area contributed by atoms with Gasteiger partial charge in [0.25, 0.3) is 5.91 Å². The molecule has 17 nitrogen and oxygen atoms in total. The number of fused-ring (bicyclic) bond motifs is 1. The average molecular weight is 801 g/mol. The van der Waals surface area contributed by atoms with Gasteiger partial charge in [-0.1, -0.05) is 72.8 Å². The largest absolute Gasteiger partial charge is 0.514 e. The minimum atomic E-state index is -1.93. The molecule has 57 heavy (non-hydrogen) atoms. The van der Waals surface area contributed by atoms with Crippen LogP contribution in [-0.4, -0.2) is 104 Å². The van der Waals surface area contributed by atoms with Crippen LogP contribution in [-0.2, 0) is 51.5 Å². The number of amides is 7. The molecule has 18 heteroatoms. The number of urea groups is 1. The number of carbonyl (C=O) groups is 8. The van der Waals surface area contributed by atoms with Crippen LogP contribution < -0.4 is 20.7 Å². The van der Waals surface area contributed by atoms with E-state index in [-0.39, 0.29) is 44.2 Å². The molecule has 3 aliphatic heterocycles. The monoisotopic (exact) mass is 800 g/mol. The molecule has 0 saturated carbocycles. The lowest BCUT2D eigenvalue weighted by molar-refractivity contribution is -0.180. The molecule has 3 fully saturated rings. The lowest BCUT2D eigenvalue weighted by Gasteiger charge is -2.49. The molecule has 0 spiro atoms. The molecule has 3 aromatic carbocycles. The number of nitrogens with zero attached hydrogens (tertiary/aromatic N) is 3. The Bertz CT molecular complexity index is 2050. The van der Waals surface area contributed by atoms with E-state index in [0.29, 0.717) is 16.9 Å². The van der Waals surface area contributed by atoms with Crippen molar-refractivity contribution in [3.8, 4) is 5.75 Å². The van der Waals surface area contributed by atoms with Crippen LogP contribution in [0.15, 0.2) is 84.9 Å². The molecule has 7 amide bonds. The van der Waals surface area contributed by atoms with E-state index in [1.807, 2.05) is 6.07 Å². The van der Waals surface area contributed by atoms with Crippen molar-refractivity contribution in [3.63, 3.8) is 0 Å². The summed E-state index contributed by atoms with van der Waals surface area (Å²) < 4.78 is 14.9. The third-order valence-corrected chi connectivity index (χ3v) is 11.5. The molecule has 4 atom stereocenters. The average Bonchev–Trinajstić information content (AvgIpc) is 3.42. The van der Waals surface area contributed by atoms with Gasteiger partial charge in [0.05, 0.1) is 4.75 Å². The van der Waals surface area contributed by atoms with E-state index in [9.17, 15) is 38.4 Å². The third kappa shape index (κ3) is 7.98. The SMILES string of the molecule is CCN1CCN(C(=O)NC(C(=O)N[C@H]2C(=O)N3[C@@H]2SC(C)(C)[C@]3(NC=O)C(=O)OCc2ccccc2)c2ccc(OC(=O)OCc3ccccc3)cc2)C(=O)C1=O. The number of hydrogen-bond acceptors (Lipinski definition) is 12. The molecule has 0 radical (unpaired) electrons. The number of rotatable bonds is 13. The maximum atomic E-state index is 14.1. The molecule has 3 heterocycles. The molecular formula is C39H40N6O11S. The Morgan fingerprint density at radius 1 is 0.860 bits per heavy atom. The van der Waals surface area contributed by atoms with Crippen molar-refractivity contribution in [3.05, 3.63) is 102 Å². The topological polar surface area (TPSA) is 210 Å². The number of carbonyl (C=O) groups excluding carboxylic acids is 8. The van der Waals surface area contributed by atoms with Crippen molar-refractivity contribution >= 4 is 60.0 Å². The van der Waals surface area contributed by atoms with Crippen LogP contribution in [0, 0.1) is 0 Å². The molecule has 298 valence electrons. The van der Waals surface area contributed by atoms with Crippen molar-refractivity contribution in [1.29, 1.82) is 0 Å². The molecule has 6 rings (SSSR count). The number of imide groups is 1. The molecule has 3 N–H and O–H groups in total. The normalized spacial score (nSPS) is 21.4. The maximum absolute atomic E-state index is 14.1. The van der Waals surface area contributed by atoms with Crippen molar-refractivity contribution in [2.45, 2.75) is 61.9 Å². The summed E-state index contributed by atoms with van der Waals surface area (Å²) in [7, 11) is 0. The highest BCUT2D eigenvalue weighted by Gasteiger charge is 2.74. The first kappa shape index (κ1) is 40.2. The van der Waals surface area contributed by atoms with Crippen molar-refractivity contribution < 1.29 is 52.6 Å².